The average Bonchev–Trinajstić information content (AvgIpc) is 2.41. The maximum atomic E-state index is 12.1. The summed E-state index contributed by atoms with van der Waals surface area (Å²) in [6.45, 7) is 4.77. The van der Waals surface area contributed by atoms with Crippen LogP contribution in [0.3, 0.4) is 0 Å². The van der Waals surface area contributed by atoms with Crippen LogP contribution in [-0.2, 0) is 9.59 Å². The molecular formula is C15H21NO5. The third kappa shape index (κ3) is 5.33. The molecule has 0 radical (unpaired) electrons. The van der Waals surface area contributed by atoms with E-state index in [1.807, 2.05) is 0 Å². The summed E-state index contributed by atoms with van der Waals surface area (Å²) in [7, 11) is 1.56. The number of amides is 1. The van der Waals surface area contributed by atoms with Crippen molar-refractivity contribution in [1.29, 1.82) is 0 Å². The number of benzene rings is 1. The van der Waals surface area contributed by atoms with Gasteiger partial charge in [-0.2, -0.15) is 0 Å². The highest BCUT2D eigenvalue weighted by molar-refractivity contribution is 5.83. The van der Waals surface area contributed by atoms with E-state index in [4.69, 9.17) is 14.6 Å². The molecular weight excluding hydrogens is 274 g/mol. The first-order valence-corrected chi connectivity index (χ1v) is 6.53. The van der Waals surface area contributed by atoms with Gasteiger partial charge >= 0.3 is 5.97 Å². The molecule has 0 saturated heterocycles. The topological polar surface area (TPSA) is 76.1 Å². The number of rotatable bonds is 6. The van der Waals surface area contributed by atoms with Crippen LogP contribution in [0, 0.1) is 0 Å². The van der Waals surface area contributed by atoms with Gasteiger partial charge in [0.15, 0.2) is 6.61 Å². The Morgan fingerprint density at radius 3 is 2.10 bits per heavy atom. The van der Waals surface area contributed by atoms with Crippen LogP contribution in [0.25, 0.3) is 0 Å². The first kappa shape index (κ1) is 16.8. The zero-order chi connectivity index (χ0) is 16.0. The van der Waals surface area contributed by atoms with Crippen molar-refractivity contribution in [3.8, 4) is 11.5 Å². The van der Waals surface area contributed by atoms with Gasteiger partial charge in [-0.15, -0.1) is 0 Å². The lowest BCUT2D eigenvalue weighted by molar-refractivity contribution is -0.149. The van der Waals surface area contributed by atoms with Gasteiger partial charge in [0.1, 0.15) is 18.0 Å². The molecule has 1 aromatic carbocycles. The van der Waals surface area contributed by atoms with Gasteiger partial charge in [-0.1, -0.05) is 0 Å². The Hall–Kier alpha value is -2.24. The van der Waals surface area contributed by atoms with Crippen molar-refractivity contribution >= 4 is 11.9 Å². The fraction of sp³-hybridized carbons (Fsp3) is 0.467. The number of aliphatic carboxylic acids is 1. The maximum absolute atomic E-state index is 12.1. The molecule has 0 heterocycles. The number of hydrogen-bond acceptors (Lipinski definition) is 4. The molecule has 0 unspecified atom stereocenters. The van der Waals surface area contributed by atoms with E-state index in [0.717, 1.165) is 0 Å². The summed E-state index contributed by atoms with van der Waals surface area (Å²) in [5.74, 6) is -0.215. The third-order valence-corrected chi connectivity index (χ3v) is 2.83. The Labute approximate surface area is 124 Å². The van der Waals surface area contributed by atoms with Crippen molar-refractivity contribution < 1.29 is 24.2 Å². The third-order valence-electron chi connectivity index (χ3n) is 2.83. The molecule has 0 aliphatic heterocycles. The minimum absolute atomic E-state index is 0.211. The Balaban J connectivity index is 2.66. The number of carbonyl (C=O) groups excluding carboxylic acids is 1. The van der Waals surface area contributed by atoms with Gasteiger partial charge < -0.3 is 19.5 Å². The van der Waals surface area contributed by atoms with E-state index in [1.54, 1.807) is 52.1 Å². The van der Waals surface area contributed by atoms with Crippen LogP contribution >= 0.6 is 0 Å². The highest BCUT2D eigenvalue weighted by Gasteiger charge is 2.28. The van der Waals surface area contributed by atoms with E-state index in [-0.39, 0.29) is 19.1 Å². The molecule has 1 amide bonds. The fourth-order valence-corrected chi connectivity index (χ4v) is 1.73. The summed E-state index contributed by atoms with van der Waals surface area (Å²) >= 11 is 0. The normalized spacial score (nSPS) is 10.9. The summed E-state index contributed by atoms with van der Waals surface area (Å²) in [6, 6.07) is 6.81. The average molecular weight is 295 g/mol. The molecule has 0 fully saturated rings. The fourth-order valence-electron chi connectivity index (χ4n) is 1.73. The predicted octanol–water partition coefficient (Wildman–Crippen LogP) is 1.79. The molecule has 0 spiro atoms. The van der Waals surface area contributed by atoms with Crippen molar-refractivity contribution in [3.05, 3.63) is 24.3 Å². The van der Waals surface area contributed by atoms with E-state index in [9.17, 15) is 9.59 Å². The number of carboxylic acids is 1. The summed E-state index contributed by atoms with van der Waals surface area (Å²) in [4.78, 5) is 24.3. The second-order valence-corrected chi connectivity index (χ2v) is 5.51. The monoisotopic (exact) mass is 295 g/mol. The Morgan fingerprint density at radius 2 is 1.67 bits per heavy atom. The van der Waals surface area contributed by atoms with E-state index >= 15 is 0 Å². The van der Waals surface area contributed by atoms with Crippen molar-refractivity contribution in [1.82, 2.24) is 4.90 Å². The van der Waals surface area contributed by atoms with Crippen LogP contribution < -0.4 is 9.47 Å². The summed E-state index contributed by atoms with van der Waals surface area (Å²) < 4.78 is 10.4. The summed E-state index contributed by atoms with van der Waals surface area (Å²) in [6.07, 6.45) is 0. The van der Waals surface area contributed by atoms with Crippen LogP contribution in [0.1, 0.15) is 20.8 Å². The van der Waals surface area contributed by atoms with Gasteiger partial charge in [-0.3, -0.25) is 9.59 Å². The van der Waals surface area contributed by atoms with Gasteiger partial charge in [-0.05, 0) is 45.0 Å². The molecule has 1 N–H and O–H groups in total. The lowest BCUT2D eigenvalue weighted by Gasteiger charge is -2.34. The maximum Gasteiger partial charge on any atom is 0.323 e. The number of methoxy groups -OCH3 is 1. The summed E-state index contributed by atoms with van der Waals surface area (Å²) in [5, 5.41) is 8.89. The smallest absolute Gasteiger partial charge is 0.323 e. The van der Waals surface area contributed by atoms with Crippen LogP contribution in [0.2, 0.25) is 0 Å². The molecule has 21 heavy (non-hydrogen) atoms. The SMILES string of the molecule is COc1ccc(OCC(=O)N(CC(=O)O)C(C)(C)C)cc1. The summed E-state index contributed by atoms with van der Waals surface area (Å²) in [5.41, 5.74) is -0.585. The zero-order valence-corrected chi connectivity index (χ0v) is 12.8. The van der Waals surface area contributed by atoms with Crippen LogP contribution in [0.15, 0.2) is 24.3 Å². The minimum Gasteiger partial charge on any atom is -0.497 e. The first-order chi connectivity index (χ1) is 9.74. The quantitative estimate of drug-likeness (QED) is 0.866. The molecule has 1 aromatic rings. The highest BCUT2D eigenvalue weighted by atomic mass is 16.5. The standard InChI is InChI=1S/C15H21NO5/c1-15(2,3)16(9-14(18)19)13(17)10-21-12-7-5-11(20-4)6-8-12/h5-8H,9-10H2,1-4H3,(H,18,19). The molecule has 1 rings (SSSR count). The molecule has 0 bridgehead atoms. The molecule has 0 aliphatic rings. The molecule has 0 atom stereocenters. The molecule has 0 aliphatic carbocycles. The van der Waals surface area contributed by atoms with Crippen LogP contribution in [-0.4, -0.2) is 47.7 Å². The Bertz CT molecular complexity index is 490. The van der Waals surface area contributed by atoms with Gasteiger partial charge in [0.25, 0.3) is 5.91 Å². The lowest BCUT2D eigenvalue weighted by Crippen LogP contribution is -2.50. The van der Waals surface area contributed by atoms with E-state index in [0.29, 0.717) is 11.5 Å². The van der Waals surface area contributed by atoms with Crippen molar-refractivity contribution in [2.75, 3.05) is 20.3 Å². The Kier molecular flexibility index (Phi) is 5.58. The van der Waals surface area contributed by atoms with Gasteiger partial charge in [-0.25, -0.2) is 0 Å². The van der Waals surface area contributed by atoms with Crippen molar-refractivity contribution in [2.24, 2.45) is 0 Å². The highest BCUT2D eigenvalue weighted by Crippen LogP contribution is 2.18. The number of carbonyl (C=O) groups is 2. The van der Waals surface area contributed by atoms with Gasteiger partial charge in [0, 0.05) is 5.54 Å². The molecule has 116 valence electrons. The van der Waals surface area contributed by atoms with E-state index < -0.39 is 11.5 Å². The van der Waals surface area contributed by atoms with Crippen LogP contribution in [0.4, 0.5) is 0 Å². The number of nitrogens with zero attached hydrogens (tertiary/aromatic N) is 1. The Morgan fingerprint density at radius 1 is 1.14 bits per heavy atom. The first-order valence-electron chi connectivity index (χ1n) is 6.53. The molecule has 6 nitrogen and oxygen atoms in total. The second-order valence-electron chi connectivity index (χ2n) is 5.51. The lowest BCUT2D eigenvalue weighted by atomic mass is 10.1. The van der Waals surface area contributed by atoms with Crippen LogP contribution in [0.5, 0.6) is 11.5 Å². The molecule has 0 aromatic heterocycles. The predicted molar refractivity (Wildman–Crippen MR) is 77.6 cm³/mol. The molecule has 0 saturated carbocycles. The number of hydrogen-bond donors (Lipinski definition) is 1. The number of ether oxygens (including phenoxy) is 2. The largest absolute Gasteiger partial charge is 0.497 e. The van der Waals surface area contributed by atoms with E-state index in [2.05, 4.69) is 0 Å². The van der Waals surface area contributed by atoms with Crippen molar-refractivity contribution in [2.45, 2.75) is 26.3 Å². The van der Waals surface area contributed by atoms with E-state index in [1.165, 1.54) is 4.90 Å². The molecule has 6 heteroatoms. The van der Waals surface area contributed by atoms with Crippen molar-refractivity contribution in [3.63, 3.8) is 0 Å². The van der Waals surface area contributed by atoms with Gasteiger partial charge in [0.2, 0.25) is 0 Å². The number of carboxylic acid groups (broad SMARTS) is 1. The zero-order valence-electron chi connectivity index (χ0n) is 12.8. The minimum atomic E-state index is -1.05. The second kappa shape index (κ2) is 6.97. The van der Waals surface area contributed by atoms with Gasteiger partial charge in [0.05, 0.1) is 7.11 Å².